The number of nitrogens with zero attached hydrogens (tertiary/aromatic N) is 3. The van der Waals surface area contributed by atoms with Gasteiger partial charge in [-0.1, -0.05) is 19.3 Å². The van der Waals surface area contributed by atoms with Gasteiger partial charge in [-0.15, -0.1) is 0 Å². The van der Waals surface area contributed by atoms with Crippen molar-refractivity contribution >= 4 is 11.6 Å². The molecule has 6 nitrogen and oxygen atoms in total. The van der Waals surface area contributed by atoms with Gasteiger partial charge in [0.1, 0.15) is 0 Å². The summed E-state index contributed by atoms with van der Waals surface area (Å²) >= 11 is 0. The smallest absolute Gasteiger partial charge is 0.394 e. The van der Waals surface area contributed by atoms with Crippen molar-refractivity contribution in [3.8, 4) is 11.4 Å². The molecular formula is C22H25F3N4O2. The number of anilines is 1. The molecule has 31 heavy (non-hydrogen) atoms. The second-order valence-electron chi connectivity index (χ2n) is 8.22. The van der Waals surface area contributed by atoms with Crippen molar-refractivity contribution in [1.82, 2.24) is 14.9 Å². The Hall–Kier alpha value is -2.68. The first-order chi connectivity index (χ1) is 14.8. The van der Waals surface area contributed by atoms with E-state index in [1.165, 1.54) is 11.0 Å². The molecule has 1 fully saturated rings. The van der Waals surface area contributed by atoms with Gasteiger partial charge in [0.15, 0.2) is 0 Å². The average Bonchev–Trinajstić information content (AvgIpc) is 2.78. The fraction of sp³-hybridized carbons (Fsp3) is 0.500. The summed E-state index contributed by atoms with van der Waals surface area (Å²) in [5.74, 6) is -0.0538. The zero-order valence-corrected chi connectivity index (χ0v) is 17.2. The summed E-state index contributed by atoms with van der Waals surface area (Å²) < 4.78 is 38.8. The number of rotatable bonds is 4. The highest BCUT2D eigenvalue weighted by atomic mass is 19.4. The molecule has 2 aromatic heterocycles. The molecule has 2 N–H and O–H groups in total. The van der Waals surface area contributed by atoms with Crippen LogP contribution < -0.4 is 5.32 Å². The molecule has 4 rings (SSSR count). The SMILES string of the molecule is CC(CO)N1CNc2c(cc(-c3ccc(C(F)(F)F)cn3)nc2C2CCCCC2)C1=O. The van der Waals surface area contributed by atoms with Crippen molar-refractivity contribution in [1.29, 1.82) is 0 Å². The van der Waals surface area contributed by atoms with Crippen molar-refractivity contribution in [2.75, 3.05) is 18.6 Å². The molecule has 0 aromatic carbocycles. The van der Waals surface area contributed by atoms with Crippen LogP contribution in [0.3, 0.4) is 0 Å². The number of carbonyl (C=O) groups is 1. The van der Waals surface area contributed by atoms with E-state index in [1.807, 2.05) is 0 Å². The van der Waals surface area contributed by atoms with E-state index < -0.39 is 11.7 Å². The average molecular weight is 434 g/mol. The summed E-state index contributed by atoms with van der Waals surface area (Å²) in [5, 5.41) is 12.8. The van der Waals surface area contributed by atoms with Crippen LogP contribution in [0.4, 0.5) is 18.9 Å². The highest BCUT2D eigenvalue weighted by molar-refractivity contribution is 6.02. The van der Waals surface area contributed by atoms with Gasteiger partial charge in [0, 0.05) is 12.1 Å². The van der Waals surface area contributed by atoms with Crippen LogP contribution in [0.15, 0.2) is 24.4 Å². The maximum absolute atomic E-state index is 13.2. The normalized spacial score (nSPS) is 18.5. The molecule has 166 valence electrons. The van der Waals surface area contributed by atoms with Crippen LogP contribution in [0.2, 0.25) is 0 Å². The van der Waals surface area contributed by atoms with Crippen LogP contribution in [0.1, 0.15) is 66.6 Å². The van der Waals surface area contributed by atoms with E-state index in [2.05, 4.69) is 10.3 Å². The number of hydrogen-bond donors (Lipinski definition) is 2. The number of aliphatic hydroxyl groups is 1. The predicted molar refractivity (Wildman–Crippen MR) is 110 cm³/mol. The zero-order valence-electron chi connectivity index (χ0n) is 17.2. The number of alkyl halides is 3. The van der Waals surface area contributed by atoms with Crippen molar-refractivity contribution in [2.24, 2.45) is 0 Å². The number of nitrogens with one attached hydrogen (secondary N) is 1. The first-order valence-electron chi connectivity index (χ1n) is 10.5. The van der Waals surface area contributed by atoms with E-state index in [1.54, 1.807) is 13.0 Å². The molecule has 2 aromatic rings. The van der Waals surface area contributed by atoms with Crippen LogP contribution in [-0.4, -0.2) is 45.2 Å². The third-order valence-corrected chi connectivity index (χ3v) is 6.11. The lowest BCUT2D eigenvalue weighted by Crippen LogP contribution is -2.47. The Labute approximate surface area is 178 Å². The van der Waals surface area contributed by atoms with Crippen LogP contribution >= 0.6 is 0 Å². The van der Waals surface area contributed by atoms with Crippen LogP contribution in [0, 0.1) is 0 Å². The first kappa shape index (κ1) is 21.5. The molecule has 0 saturated heterocycles. The highest BCUT2D eigenvalue weighted by Gasteiger charge is 2.34. The minimum Gasteiger partial charge on any atom is -0.394 e. The summed E-state index contributed by atoms with van der Waals surface area (Å²) in [6.45, 7) is 1.86. The van der Waals surface area contributed by atoms with E-state index >= 15 is 0 Å². The Bertz CT molecular complexity index is 956. The molecule has 1 amide bonds. The van der Waals surface area contributed by atoms with E-state index in [0.717, 1.165) is 50.1 Å². The standard InChI is InChI=1S/C22H25F3N4O2/c1-13(11-30)29-12-27-20-16(21(29)31)9-18(28-19(20)14-5-3-2-4-6-14)17-8-7-15(10-26-17)22(23,24)25/h7-10,13-14,27,30H,2-6,11-12H2,1H3. The van der Waals surface area contributed by atoms with Crippen LogP contribution in [-0.2, 0) is 6.18 Å². The minimum atomic E-state index is -4.47. The number of pyridine rings is 2. The molecule has 2 aliphatic rings. The summed E-state index contributed by atoms with van der Waals surface area (Å²) in [6, 6.07) is 3.48. The predicted octanol–water partition coefficient (Wildman–Crippen LogP) is 4.42. The Balaban J connectivity index is 1.79. The largest absolute Gasteiger partial charge is 0.417 e. The zero-order chi connectivity index (χ0) is 22.2. The van der Waals surface area contributed by atoms with Crippen LogP contribution in [0.25, 0.3) is 11.4 Å². The summed E-state index contributed by atoms with van der Waals surface area (Å²) in [4.78, 5) is 23.5. The molecule has 0 bridgehead atoms. The molecule has 0 radical (unpaired) electrons. The molecular weight excluding hydrogens is 409 g/mol. The number of aliphatic hydroxyl groups excluding tert-OH is 1. The summed E-state index contributed by atoms with van der Waals surface area (Å²) in [6.07, 6.45) is 1.54. The number of amides is 1. The topological polar surface area (TPSA) is 78.3 Å². The lowest BCUT2D eigenvalue weighted by atomic mass is 9.84. The number of fused-ring (bicyclic) bond motifs is 1. The van der Waals surface area contributed by atoms with Gasteiger partial charge >= 0.3 is 6.18 Å². The van der Waals surface area contributed by atoms with Crippen molar-refractivity contribution < 1.29 is 23.1 Å². The third kappa shape index (κ3) is 4.23. The molecule has 1 aliphatic heterocycles. The minimum absolute atomic E-state index is 0.170. The van der Waals surface area contributed by atoms with Gasteiger partial charge in [0.25, 0.3) is 5.91 Å². The molecule has 1 saturated carbocycles. The Kier molecular flexibility index (Phi) is 5.88. The van der Waals surface area contributed by atoms with Gasteiger partial charge < -0.3 is 15.3 Å². The molecule has 3 heterocycles. The lowest BCUT2D eigenvalue weighted by Gasteiger charge is -2.35. The fourth-order valence-electron chi connectivity index (χ4n) is 4.28. The highest BCUT2D eigenvalue weighted by Crippen LogP contribution is 2.40. The number of aromatic nitrogens is 2. The van der Waals surface area contributed by atoms with Crippen molar-refractivity contribution in [3.05, 3.63) is 41.2 Å². The Morgan fingerprint density at radius 3 is 2.58 bits per heavy atom. The lowest BCUT2D eigenvalue weighted by molar-refractivity contribution is -0.137. The van der Waals surface area contributed by atoms with Gasteiger partial charge in [-0.05, 0) is 38.0 Å². The molecule has 1 unspecified atom stereocenters. The summed E-state index contributed by atoms with van der Waals surface area (Å²) in [5.41, 5.74) is 1.71. The van der Waals surface area contributed by atoms with Crippen molar-refractivity contribution in [2.45, 2.75) is 57.2 Å². The van der Waals surface area contributed by atoms with Gasteiger partial charge in [0.2, 0.25) is 0 Å². The molecule has 1 aliphatic carbocycles. The maximum Gasteiger partial charge on any atom is 0.417 e. The quantitative estimate of drug-likeness (QED) is 0.745. The monoisotopic (exact) mass is 434 g/mol. The second-order valence-corrected chi connectivity index (χ2v) is 8.22. The van der Waals surface area contributed by atoms with Gasteiger partial charge in [-0.25, -0.2) is 4.98 Å². The molecule has 1 atom stereocenters. The third-order valence-electron chi connectivity index (χ3n) is 6.11. The van der Waals surface area contributed by atoms with E-state index in [0.29, 0.717) is 16.9 Å². The van der Waals surface area contributed by atoms with Crippen molar-refractivity contribution in [3.63, 3.8) is 0 Å². The Morgan fingerprint density at radius 2 is 1.97 bits per heavy atom. The van der Waals surface area contributed by atoms with E-state index in [9.17, 15) is 23.1 Å². The van der Waals surface area contributed by atoms with Gasteiger partial charge in [-0.3, -0.25) is 9.78 Å². The Morgan fingerprint density at radius 1 is 1.23 bits per heavy atom. The maximum atomic E-state index is 13.2. The first-order valence-corrected chi connectivity index (χ1v) is 10.5. The fourth-order valence-corrected chi connectivity index (χ4v) is 4.28. The summed E-state index contributed by atoms with van der Waals surface area (Å²) in [7, 11) is 0. The number of halogens is 3. The second kappa shape index (κ2) is 8.45. The van der Waals surface area contributed by atoms with Gasteiger partial charge in [0.05, 0.1) is 53.2 Å². The van der Waals surface area contributed by atoms with E-state index in [-0.39, 0.29) is 36.8 Å². The molecule has 9 heteroatoms. The molecule has 0 spiro atoms. The number of hydrogen-bond acceptors (Lipinski definition) is 5. The number of carbonyl (C=O) groups excluding carboxylic acids is 1. The van der Waals surface area contributed by atoms with Crippen LogP contribution in [0.5, 0.6) is 0 Å². The van der Waals surface area contributed by atoms with Gasteiger partial charge in [-0.2, -0.15) is 13.2 Å². The van der Waals surface area contributed by atoms with E-state index in [4.69, 9.17) is 4.98 Å².